The second kappa shape index (κ2) is 12.2. The summed E-state index contributed by atoms with van der Waals surface area (Å²) >= 11 is 0. The minimum Gasteiger partial charge on any atom is -0.379 e. The Morgan fingerprint density at radius 2 is 1.76 bits per heavy atom. The number of hydrogen-bond acceptors (Lipinski definition) is 3. The van der Waals surface area contributed by atoms with Crippen LogP contribution in [-0.4, -0.2) is 31.6 Å². The number of carbonyl (C=O) groups is 1. The van der Waals surface area contributed by atoms with E-state index in [2.05, 4.69) is 33.0 Å². The van der Waals surface area contributed by atoms with Gasteiger partial charge in [-0.1, -0.05) is 47.5 Å². The number of ether oxygens (including phenoxy) is 1. The quantitative estimate of drug-likeness (QED) is 0.730. The van der Waals surface area contributed by atoms with Crippen LogP contribution in [0.2, 0.25) is 0 Å². The second-order valence-electron chi connectivity index (χ2n) is 6.11. The van der Waals surface area contributed by atoms with Crippen LogP contribution in [0.25, 0.3) is 0 Å². The van der Waals surface area contributed by atoms with E-state index in [1.165, 1.54) is 19.3 Å². The molecule has 21 heavy (non-hydrogen) atoms. The van der Waals surface area contributed by atoms with Crippen LogP contribution >= 0.6 is 0 Å². The third-order valence-corrected chi connectivity index (χ3v) is 4.60. The molecule has 0 saturated carbocycles. The maximum absolute atomic E-state index is 12.4. The predicted molar refractivity (Wildman–Crippen MR) is 90.6 cm³/mol. The van der Waals surface area contributed by atoms with Crippen LogP contribution in [0.5, 0.6) is 0 Å². The molecular formula is C18H37NO2. The van der Waals surface area contributed by atoms with Crippen LogP contribution in [0, 0.1) is 11.8 Å². The average Bonchev–Trinajstić information content (AvgIpc) is 3.03. The molecule has 3 heteroatoms. The number of hydrogen-bond donors (Lipinski definition) is 1. The molecule has 0 amide bonds. The maximum atomic E-state index is 12.4. The van der Waals surface area contributed by atoms with Crippen molar-refractivity contribution in [2.75, 3.05) is 13.7 Å². The molecule has 0 unspecified atom stereocenters. The minimum atomic E-state index is 0.000463. The van der Waals surface area contributed by atoms with E-state index in [1.807, 2.05) is 6.92 Å². The molecule has 0 spiro atoms. The smallest absolute Gasteiger partial charge is 0.141 e. The molecule has 1 saturated heterocycles. The van der Waals surface area contributed by atoms with Crippen molar-refractivity contribution in [2.24, 2.45) is 11.8 Å². The first kappa shape index (κ1) is 20.6. The highest BCUT2D eigenvalue weighted by Crippen LogP contribution is 2.23. The van der Waals surface area contributed by atoms with Crippen LogP contribution in [0.4, 0.5) is 0 Å². The van der Waals surface area contributed by atoms with Crippen LogP contribution in [0.3, 0.4) is 0 Å². The second-order valence-corrected chi connectivity index (χ2v) is 6.11. The number of rotatable bonds is 8. The van der Waals surface area contributed by atoms with E-state index in [0.29, 0.717) is 11.8 Å². The minimum absolute atomic E-state index is 0.000463. The molecular weight excluding hydrogens is 262 g/mol. The number of ketones is 1. The van der Waals surface area contributed by atoms with Crippen LogP contribution in [0.1, 0.15) is 73.1 Å². The molecule has 1 heterocycles. The molecule has 0 radical (unpaired) electrons. The van der Waals surface area contributed by atoms with Crippen molar-refractivity contribution in [3.63, 3.8) is 0 Å². The Hall–Kier alpha value is -0.410. The fraction of sp³-hybridized carbons (Fsp3) is 0.944. The number of Topliss-reactive ketones (excluding diaryl/α,β-unsaturated/α-hetero) is 1. The van der Waals surface area contributed by atoms with Crippen molar-refractivity contribution in [1.82, 2.24) is 5.32 Å². The molecule has 1 fully saturated rings. The van der Waals surface area contributed by atoms with E-state index in [0.717, 1.165) is 25.8 Å². The first-order valence-corrected chi connectivity index (χ1v) is 8.86. The van der Waals surface area contributed by atoms with E-state index in [9.17, 15) is 4.79 Å². The van der Waals surface area contributed by atoms with Gasteiger partial charge in [0.05, 0.1) is 6.10 Å². The normalized spacial score (nSPS) is 20.8. The van der Waals surface area contributed by atoms with Crippen LogP contribution in [0.15, 0.2) is 0 Å². The van der Waals surface area contributed by atoms with Gasteiger partial charge in [-0.2, -0.15) is 0 Å². The fourth-order valence-electron chi connectivity index (χ4n) is 2.93. The Morgan fingerprint density at radius 3 is 2.10 bits per heavy atom. The van der Waals surface area contributed by atoms with Gasteiger partial charge in [0.2, 0.25) is 0 Å². The number of methoxy groups -OCH3 is 1. The molecule has 0 bridgehead atoms. The molecule has 3 nitrogen and oxygen atoms in total. The zero-order chi connectivity index (χ0) is 16.3. The van der Waals surface area contributed by atoms with E-state index in [1.54, 1.807) is 7.11 Å². The molecule has 0 aromatic carbocycles. The standard InChI is InChI=1S/C14H27NO2.C4H10/c1-5-11(6-2)13(16)10(3)14(17-4)12-8-7-9-15-12;1-3-4-2/h10-12,14-15H,5-9H2,1-4H3;3-4H2,1-2H3/t10-,12-,14+;/m0./s1. The Balaban J connectivity index is 0.000000885. The van der Waals surface area contributed by atoms with Gasteiger partial charge in [-0.05, 0) is 32.2 Å². The zero-order valence-corrected chi connectivity index (χ0v) is 15.1. The van der Waals surface area contributed by atoms with Crippen molar-refractivity contribution in [3.05, 3.63) is 0 Å². The summed E-state index contributed by atoms with van der Waals surface area (Å²) in [5.74, 6) is 0.570. The summed E-state index contributed by atoms with van der Waals surface area (Å²) in [6.45, 7) is 11.6. The first-order valence-electron chi connectivity index (χ1n) is 8.86. The maximum Gasteiger partial charge on any atom is 0.141 e. The highest BCUT2D eigenvalue weighted by molar-refractivity contribution is 5.83. The zero-order valence-electron chi connectivity index (χ0n) is 15.1. The highest BCUT2D eigenvalue weighted by Gasteiger charge is 2.34. The summed E-state index contributed by atoms with van der Waals surface area (Å²) in [6.07, 6.45) is 6.86. The SMILES string of the molecule is CCC(CC)C(=O)[C@H](C)[C@@H](OC)[C@@H]1CCCN1.CCCC. The van der Waals surface area contributed by atoms with Gasteiger partial charge < -0.3 is 10.1 Å². The molecule has 3 atom stereocenters. The van der Waals surface area contributed by atoms with Crippen molar-refractivity contribution < 1.29 is 9.53 Å². The lowest BCUT2D eigenvalue weighted by Gasteiger charge is -2.29. The van der Waals surface area contributed by atoms with E-state index in [-0.39, 0.29) is 17.9 Å². The average molecular weight is 299 g/mol. The van der Waals surface area contributed by atoms with Crippen molar-refractivity contribution in [1.29, 1.82) is 0 Å². The third kappa shape index (κ3) is 6.92. The van der Waals surface area contributed by atoms with Gasteiger partial charge in [0, 0.05) is 25.0 Å². The highest BCUT2D eigenvalue weighted by atomic mass is 16.5. The van der Waals surface area contributed by atoms with E-state index in [4.69, 9.17) is 4.74 Å². The monoisotopic (exact) mass is 299 g/mol. The molecule has 126 valence electrons. The van der Waals surface area contributed by atoms with Crippen molar-refractivity contribution >= 4 is 5.78 Å². The Kier molecular flexibility index (Phi) is 11.9. The van der Waals surface area contributed by atoms with Gasteiger partial charge >= 0.3 is 0 Å². The Bertz CT molecular complexity index is 256. The summed E-state index contributed by atoms with van der Waals surface area (Å²) in [6, 6.07) is 0.355. The fourth-order valence-corrected chi connectivity index (χ4v) is 2.93. The lowest BCUT2D eigenvalue weighted by atomic mass is 9.84. The molecule has 0 aromatic heterocycles. The van der Waals surface area contributed by atoms with Gasteiger partial charge in [0.1, 0.15) is 5.78 Å². The van der Waals surface area contributed by atoms with Crippen LogP contribution < -0.4 is 5.32 Å². The lowest BCUT2D eigenvalue weighted by Crippen LogP contribution is -2.44. The Morgan fingerprint density at radius 1 is 1.19 bits per heavy atom. The topological polar surface area (TPSA) is 38.3 Å². The first-order chi connectivity index (χ1) is 10.1. The summed E-state index contributed by atoms with van der Waals surface area (Å²) in [5, 5.41) is 3.44. The summed E-state index contributed by atoms with van der Waals surface area (Å²) < 4.78 is 5.57. The molecule has 1 aliphatic heterocycles. The van der Waals surface area contributed by atoms with E-state index < -0.39 is 0 Å². The number of unbranched alkanes of at least 4 members (excludes halogenated alkanes) is 1. The number of carbonyl (C=O) groups excluding carboxylic acids is 1. The molecule has 1 rings (SSSR count). The van der Waals surface area contributed by atoms with Gasteiger partial charge in [-0.15, -0.1) is 0 Å². The van der Waals surface area contributed by atoms with Gasteiger partial charge in [-0.3, -0.25) is 4.79 Å². The van der Waals surface area contributed by atoms with E-state index >= 15 is 0 Å². The van der Waals surface area contributed by atoms with Gasteiger partial charge in [0.15, 0.2) is 0 Å². The summed E-state index contributed by atoms with van der Waals surface area (Å²) in [4.78, 5) is 12.4. The van der Waals surface area contributed by atoms with Gasteiger partial charge in [0.25, 0.3) is 0 Å². The summed E-state index contributed by atoms with van der Waals surface area (Å²) in [7, 11) is 1.72. The van der Waals surface area contributed by atoms with Crippen molar-refractivity contribution in [2.45, 2.75) is 85.3 Å². The molecule has 1 aliphatic rings. The lowest BCUT2D eigenvalue weighted by molar-refractivity contribution is -0.131. The van der Waals surface area contributed by atoms with Crippen molar-refractivity contribution in [3.8, 4) is 0 Å². The van der Waals surface area contributed by atoms with Crippen LogP contribution in [-0.2, 0) is 9.53 Å². The predicted octanol–water partition coefficient (Wildman–Crippen LogP) is 4.20. The molecule has 1 N–H and O–H groups in total. The third-order valence-electron chi connectivity index (χ3n) is 4.60. The van der Waals surface area contributed by atoms with Gasteiger partial charge in [-0.25, -0.2) is 0 Å². The Labute approximate surface area is 132 Å². The molecule has 0 aliphatic carbocycles. The number of nitrogens with one attached hydrogen (secondary N) is 1. The summed E-state index contributed by atoms with van der Waals surface area (Å²) in [5.41, 5.74) is 0. The molecule has 0 aromatic rings. The largest absolute Gasteiger partial charge is 0.379 e.